The predicted octanol–water partition coefficient (Wildman–Crippen LogP) is 2.49. The molecule has 0 bridgehead atoms. The molecule has 6 heteroatoms. The first kappa shape index (κ1) is 17.1. The third-order valence-electron chi connectivity index (χ3n) is 2.48. The van der Waals surface area contributed by atoms with E-state index in [2.05, 4.69) is 11.8 Å². The molecule has 21 heavy (non-hydrogen) atoms. The monoisotopic (exact) mass is 299 g/mol. The number of carbonyl (C=O) groups excluding carboxylic acids is 1. The van der Waals surface area contributed by atoms with Crippen LogP contribution in [0.2, 0.25) is 0 Å². The van der Waals surface area contributed by atoms with Crippen molar-refractivity contribution in [2.24, 2.45) is 0 Å². The van der Waals surface area contributed by atoms with Gasteiger partial charge in [-0.3, -0.25) is 4.79 Å². The van der Waals surface area contributed by atoms with Crippen molar-refractivity contribution in [2.75, 3.05) is 0 Å². The predicted molar refractivity (Wildman–Crippen MR) is 72.6 cm³/mol. The summed E-state index contributed by atoms with van der Waals surface area (Å²) >= 11 is 0. The molecular weight excluding hydrogens is 283 g/mol. The first-order valence-corrected chi connectivity index (χ1v) is 6.22. The molecule has 0 spiro atoms. The van der Waals surface area contributed by atoms with E-state index in [0.29, 0.717) is 5.56 Å². The number of hydrogen-bond acceptors (Lipinski definition) is 2. The Bertz CT molecular complexity index is 577. The molecule has 1 amide bonds. The number of alkyl halides is 3. The summed E-state index contributed by atoms with van der Waals surface area (Å²) in [5, 5.41) is 11.4. The van der Waals surface area contributed by atoms with Crippen LogP contribution in [0, 0.1) is 11.8 Å². The van der Waals surface area contributed by atoms with Crippen LogP contribution in [0.3, 0.4) is 0 Å². The van der Waals surface area contributed by atoms with Gasteiger partial charge in [0.25, 0.3) is 5.91 Å². The number of carbonyl (C=O) groups is 1. The standard InChI is InChI=1S/C15H16F3NO2/c1-10(15(16,17)18)19-13(20)12-6-4-5-11(9-12)7-8-14(2,3)21/h4-6,9-10,21H,1-3H3,(H,19,20). The van der Waals surface area contributed by atoms with Crippen molar-refractivity contribution >= 4 is 5.91 Å². The van der Waals surface area contributed by atoms with Crippen LogP contribution in [0.4, 0.5) is 13.2 Å². The highest BCUT2D eigenvalue weighted by atomic mass is 19.4. The molecule has 0 radical (unpaired) electrons. The summed E-state index contributed by atoms with van der Waals surface area (Å²) in [5.74, 6) is 4.40. The highest BCUT2D eigenvalue weighted by molar-refractivity contribution is 5.94. The summed E-state index contributed by atoms with van der Waals surface area (Å²) in [6, 6.07) is 3.95. The highest BCUT2D eigenvalue weighted by Crippen LogP contribution is 2.20. The van der Waals surface area contributed by atoms with Crippen molar-refractivity contribution in [1.82, 2.24) is 5.32 Å². The lowest BCUT2D eigenvalue weighted by Gasteiger charge is -2.17. The lowest BCUT2D eigenvalue weighted by molar-refractivity contribution is -0.149. The summed E-state index contributed by atoms with van der Waals surface area (Å²) < 4.78 is 37.2. The SMILES string of the molecule is CC(NC(=O)c1cccc(C#CC(C)(C)O)c1)C(F)(F)F. The first-order valence-electron chi connectivity index (χ1n) is 6.22. The van der Waals surface area contributed by atoms with Gasteiger partial charge < -0.3 is 10.4 Å². The average Bonchev–Trinajstić information content (AvgIpc) is 2.34. The molecule has 0 aliphatic heterocycles. The fraction of sp³-hybridized carbons (Fsp3) is 0.400. The molecule has 0 heterocycles. The highest BCUT2D eigenvalue weighted by Gasteiger charge is 2.37. The van der Waals surface area contributed by atoms with Crippen LogP contribution in [0.1, 0.15) is 36.7 Å². The smallest absolute Gasteiger partial charge is 0.378 e. The van der Waals surface area contributed by atoms with Gasteiger partial charge in [-0.15, -0.1) is 0 Å². The van der Waals surface area contributed by atoms with Crippen molar-refractivity contribution in [3.05, 3.63) is 35.4 Å². The molecule has 0 aliphatic carbocycles. The van der Waals surface area contributed by atoms with Crippen molar-refractivity contribution < 1.29 is 23.1 Å². The maximum Gasteiger partial charge on any atom is 0.408 e. The molecule has 0 aliphatic rings. The van der Waals surface area contributed by atoms with Crippen molar-refractivity contribution in [2.45, 2.75) is 38.6 Å². The molecule has 0 aromatic heterocycles. The fourth-order valence-corrected chi connectivity index (χ4v) is 1.33. The van der Waals surface area contributed by atoms with Gasteiger partial charge in [0.05, 0.1) is 0 Å². The molecule has 1 aromatic carbocycles. The lowest BCUT2D eigenvalue weighted by Crippen LogP contribution is -2.43. The first-order chi connectivity index (χ1) is 9.49. The van der Waals surface area contributed by atoms with Crippen molar-refractivity contribution in [1.29, 1.82) is 0 Å². The van der Waals surface area contributed by atoms with E-state index in [1.54, 1.807) is 6.07 Å². The molecule has 1 rings (SSSR count). The van der Waals surface area contributed by atoms with Crippen molar-refractivity contribution in [3.63, 3.8) is 0 Å². The molecule has 0 saturated carbocycles. The molecule has 3 nitrogen and oxygen atoms in total. The minimum absolute atomic E-state index is 0.0774. The maximum atomic E-state index is 12.4. The number of halogens is 3. The van der Waals surface area contributed by atoms with Crippen molar-refractivity contribution in [3.8, 4) is 11.8 Å². The van der Waals surface area contributed by atoms with Crippen LogP contribution < -0.4 is 5.32 Å². The summed E-state index contributed by atoms with van der Waals surface area (Å²) in [6.07, 6.45) is -4.49. The maximum absolute atomic E-state index is 12.4. The number of amides is 1. The molecule has 0 saturated heterocycles. The Morgan fingerprint density at radius 1 is 1.33 bits per heavy atom. The summed E-state index contributed by atoms with van der Waals surface area (Å²) in [7, 11) is 0. The molecule has 1 unspecified atom stereocenters. The molecule has 2 N–H and O–H groups in total. The second-order valence-electron chi connectivity index (χ2n) is 5.13. The third-order valence-corrected chi connectivity index (χ3v) is 2.48. The fourth-order valence-electron chi connectivity index (χ4n) is 1.33. The van der Waals surface area contributed by atoms with Gasteiger partial charge in [-0.2, -0.15) is 13.2 Å². The number of hydrogen-bond donors (Lipinski definition) is 2. The van der Waals surface area contributed by atoms with Gasteiger partial charge in [-0.1, -0.05) is 17.9 Å². The summed E-state index contributed by atoms with van der Waals surface area (Å²) in [4.78, 5) is 11.7. The second kappa shape index (κ2) is 6.19. The van der Waals surface area contributed by atoms with E-state index in [0.717, 1.165) is 6.92 Å². The lowest BCUT2D eigenvalue weighted by atomic mass is 10.1. The van der Waals surface area contributed by atoms with E-state index < -0.39 is 23.7 Å². The van der Waals surface area contributed by atoms with E-state index in [1.165, 1.54) is 32.0 Å². The van der Waals surface area contributed by atoms with Crippen LogP contribution in [0.15, 0.2) is 24.3 Å². The van der Waals surface area contributed by atoms with Gasteiger partial charge >= 0.3 is 6.18 Å². The number of benzene rings is 1. The molecule has 1 aromatic rings. The summed E-state index contributed by atoms with van der Waals surface area (Å²) in [5.41, 5.74) is -0.679. The largest absolute Gasteiger partial charge is 0.408 e. The third kappa shape index (κ3) is 5.88. The molecule has 0 fully saturated rings. The van der Waals surface area contributed by atoms with Gasteiger partial charge in [0.2, 0.25) is 0 Å². The van der Waals surface area contributed by atoms with Gasteiger partial charge in [0.15, 0.2) is 0 Å². The average molecular weight is 299 g/mol. The Kier molecular flexibility index (Phi) is 5.02. The molecular formula is C15H16F3NO2. The van der Waals surface area contributed by atoms with E-state index in [1.807, 2.05) is 5.32 Å². The Labute approximate surface area is 121 Å². The van der Waals surface area contributed by atoms with Crippen LogP contribution in [-0.2, 0) is 0 Å². The Morgan fingerprint density at radius 3 is 2.48 bits per heavy atom. The Balaban J connectivity index is 2.90. The van der Waals surface area contributed by atoms with Gasteiger partial charge in [0, 0.05) is 11.1 Å². The number of rotatable bonds is 2. The van der Waals surface area contributed by atoms with E-state index in [4.69, 9.17) is 0 Å². The van der Waals surface area contributed by atoms with Gasteiger partial charge in [0.1, 0.15) is 11.6 Å². The zero-order valence-electron chi connectivity index (χ0n) is 11.9. The normalized spacial score (nSPS) is 13.1. The van der Waals surface area contributed by atoms with E-state index in [-0.39, 0.29) is 5.56 Å². The Morgan fingerprint density at radius 2 is 1.95 bits per heavy atom. The van der Waals surface area contributed by atoms with Crippen LogP contribution in [-0.4, -0.2) is 28.8 Å². The quantitative estimate of drug-likeness (QED) is 0.824. The van der Waals surface area contributed by atoms with Crippen LogP contribution in [0.25, 0.3) is 0 Å². The van der Waals surface area contributed by atoms with Gasteiger partial charge in [-0.25, -0.2) is 0 Å². The van der Waals surface area contributed by atoms with Crippen LogP contribution >= 0.6 is 0 Å². The molecule has 114 valence electrons. The number of aliphatic hydroxyl groups is 1. The summed E-state index contributed by atoms with van der Waals surface area (Å²) in [6.45, 7) is 3.87. The van der Waals surface area contributed by atoms with Crippen LogP contribution in [0.5, 0.6) is 0 Å². The zero-order valence-corrected chi connectivity index (χ0v) is 11.9. The van der Waals surface area contributed by atoms with E-state index in [9.17, 15) is 23.1 Å². The minimum Gasteiger partial charge on any atom is -0.378 e. The number of nitrogens with one attached hydrogen (secondary N) is 1. The molecule has 1 atom stereocenters. The minimum atomic E-state index is -4.49. The topological polar surface area (TPSA) is 49.3 Å². The van der Waals surface area contributed by atoms with E-state index >= 15 is 0 Å². The zero-order chi connectivity index (χ0) is 16.3. The second-order valence-corrected chi connectivity index (χ2v) is 5.13. The van der Waals surface area contributed by atoms with Gasteiger partial charge in [-0.05, 0) is 39.0 Å². The Hall–Kier alpha value is -2.00.